The van der Waals surface area contributed by atoms with Crippen molar-refractivity contribution in [2.24, 2.45) is 0 Å². The van der Waals surface area contributed by atoms with Crippen molar-refractivity contribution in [1.29, 1.82) is 0 Å². The molecule has 0 radical (unpaired) electrons. The van der Waals surface area contributed by atoms with Crippen LogP contribution in [0.4, 0.5) is 5.82 Å². The number of hydrogen-bond acceptors (Lipinski definition) is 6. The van der Waals surface area contributed by atoms with Crippen molar-refractivity contribution in [2.45, 2.75) is 64.0 Å². The van der Waals surface area contributed by atoms with Crippen LogP contribution in [0.25, 0.3) is 5.78 Å². The van der Waals surface area contributed by atoms with E-state index in [-0.39, 0.29) is 0 Å². The Bertz CT molecular complexity index is 796. The average Bonchev–Trinajstić information content (AvgIpc) is 3.17. The van der Waals surface area contributed by atoms with Crippen molar-refractivity contribution in [2.75, 3.05) is 44.2 Å². The van der Waals surface area contributed by atoms with Gasteiger partial charge in [-0.25, -0.2) is 4.98 Å². The maximum Gasteiger partial charge on any atom is 0.254 e. The van der Waals surface area contributed by atoms with Gasteiger partial charge in [0.1, 0.15) is 12.1 Å². The van der Waals surface area contributed by atoms with Crippen LogP contribution in [0.3, 0.4) is 0 Å². The van der Waals surface area contributed by atoms with Gasteiger partial charge in [0.15, 0.2) is 0 Å². The van der Waals surface area contributed by atoms with Crippen LogP contribution in [-0.2, 0) is 0 Å². The SMILES string of the molecule is CC(C)c1cc(N2CC(N3CCN(C4CCCCC4)CC3)C2)n2ncnc2n1. The Morgan fingerprint density at radius 2 is 1.61 bits per heavy atom. The van der Waals surface area contributed by atoms with E-state index < -0.39 is 0 Å². The lowest BCUT2D eigenvalue weighted by atomic mass is 9.93. The van der Waals surface area contributed by atoms with E-state index in [1.54, 1.807) is 6.33 Å². The van der Waals surface area contributed by atoms with E-state index in [0.717, 1.165) is 30.6 Å². The predicted octanol–water partition coefficient (Wildman–Crippen LogP) is 2.39. The van der Waals surface area contributed by atoms with Gasteiger partial charge in [0.2, 0.25) is 0 Å². The van der Waals surface area contributed by atoms with Gasteiger partial charge in [0.05, 0.1) is 5.69 Å². The fraction of sp³-hybridized carbons (Fsp3) is 0.762. The van der Waals surface area contributed by atoms with Crippen molar-refractivity contribution >= 4 is 11.6 Å². The van der Waals surface area contributed by atoms with Gasteiger partial charge in [-0.3, -0.25) is 9.80 Å². The van der Waals surface area contributed by atoms with Gasteiger partial charge in [-0.15, -0.1) is 0 Å². The fourth-order valence-electron chi connectivity index (χ4n) is 5.12. The number of piperazine rings is 1. The Balaban J connectivity index is 1.20. The second kappa shape index (κ2) is 7.59. The molecule has 2 aromatic rings. The van der Waals surface area contributed by atoms with E-state index in [1.165, 1.54) is 58.3 Å². The second-order valence-corrected chi connectivity index (χ2v) is 9.09. The first kappa shape index (κ1) is 18.3. The Morgan fingerprint density at radius 1 is 0.929 bits per heavy atom. The zero-order valence-electron chi connectivity index (χ0n) is 17.3. The Labute approximate surface area is 167 Å². The van der Waals surface area contributed by atoms with Crippen LogP contribution < -0.4 is 4.90 Å². The summed E-state index contributed by atoms with van der Waals surface area (Å²) in [6, 6.07) is 3.73. The van der Waals surface area contributed by atoms with Crippen LogP contribution >= 0.6 is 0 Å². The van der Waals surface area contributed by atoms with E-state index in [9.17, 15) is 0 Å². The quantitative estimate of drug-likeness (QED) is 0.808. The molecule has 0 bridgehead atoms. The molecular weight excluding hydrogens is 350 g/mol. The standard InChI is InChI=1S/C21H33N7/c1-16(2)19-12-20(28-21(24-19)22-15-23-28)27-13-18(14-27)26-10-8-25(9-11-26)17-6-4-3-5-7-17/h12,15-18H,3-11,13-14H2,1-2H3. The molecule has 2 saturated heterocycles. The van der Waals surface area contributed by atoms with Crippen molar-refractivity contribution < 1.29 is 0 Å². The normalized spacial score (nSPS) is 23.6. The third-order valence-corrected chi connectivity index (χ3v) is 6.99. The molecule has 0 aromatic carbocycles. The summed E-state index contributed by atoms with van der Waals surface area (Å²) in [5, 5.41) is 4.40. The predicted molar refractivity (Wildman–Crippen MR) is 111 cm³/mol. The zero-order chi connectivity index (χ0) is 19.1. The Hall–Kier alpha value is -1.73. The van der Waals surface area contributed by atoms with Gasteiger partial charge in [0.25, 0.3) is 5.78 Å². The summed E-state index contributed by atoms with van der Waals surface area (Å²) in [5.74, 6) is 2.25. The molecule has 2 aromatic heterocycles. The minimum atomic E-state index is 0.394. The molecule has 3 aliphatic rings. The van der Waals surface area contributed by atoms with Crippen molar-refractivity contribution in [3.05, 3.63) is 18.1 Å². The third kappa shape index (κ3) is 3.39. The third-order valence-electron chi connectivity index (χ3n) is 6.99. The van der Waals surface area contributed by atoms with Crippen molar-refractivity contribution in [3.63, 3.8) is 0 Å². The molecule has 7 heteroatoms. The molecule has 0 atom stereocenters. The number of aromatic nitrogens is 4. The monoisotopic (exact) mass is 383 g/mol. The number of nitrogens with zero attached hydrogens (tertiary/aromatic N) is 7. The van der Waals surface area contributed by atoms with E-state index in [1.807, 2.05) is 4.52 Å². The lowest BCUT2D eigenvalue weighted by Gasteiger charge is -2.50. The molecule has 4 heterocycles. The lowest BCUT2D eigenvalue weighted by molar-refractivity contribution is 0.0486. The smallest absolute Gasteiger partial charge is 0.254 e. The summed E-state index contributed by atoms with van der Waals surface area (Å²) in [6.07, 6.45) is 8.77. The minimum absolute atomic E-state index is 0.394. The van der Waals surface area contributed by atoms with Crippen LogP contribution in [-0.4, -0.2) is 80.7 Å². The first-order valence-corrected chi connectivity index (χ1v) is 11.1. The van der Waals surface area contributed by atoms with Gasteiger partial charge in [-0.2, -0.15) is 14.6 Å². The molecule has 3 fully saturated rings. The second-order valence-electron chi connectivity index (χ2n) is 9.09. The van der Waals surface area contributed by atoms with Gasteiger partial charge in [0, 0.05) is 57.4 Å². The number of hydrogen-bond donors (Lipinski definition) is 0. The molecule has 1 aliphatic carbocycles. The Morgan fingerprint density at radius 3 is 2.29 bits per heavy atom. The van der Waals surface area contributed by atoms with Gasteiger partial charge in [-0.05, 0) is 18.8 Å². The van der Waals surface area contributed by atoms with E-state index in [0.29, 0.717) is 17.7 Å². The molecule has 5 rings (SSSR count). The molecule has 152 valence electrons. The summed E-state index contributed by atoms with van der Waals surface area (Å²) in [5.41, 5.74) is 1.10. The molecule has 7 nitrogen and oxygen atoms in total. The molecule has 0 amide bonds. The lowest BCUT2D eigenvalue weighted by Crippen LogP contribution is -2.64. The number of fused-ring (bicyclic) bond motifs is 1. The van der Waals surface area contributed by atoms with Crippen LogP contribution in [0, 0.1) is 0 Å². The highest BCUT2D eigenvalue weighted by atomic mass is 15.4. The summed E-state index contributed by atoms with van der Waals surface area (Å²) in [7, 11) is 0. The van der Waals surface area contributed by atoms with Crippen LogP contribution in [0.1, 0.15) is 57.6 Å². The molecule has 1 saturated carbocycles. The largest absolute Gasteiger partial charge is 0.353 e. The fourth-order valence-corrected chi connectivity index (χ4v) is 5.12. The van der Waals surface area contributed by atoms with Gasteiger partial charge in [-0.1, -0.05) is 33.1 Å². The highest BCUT2D eigenvalue weighted by Gasteiger charge is 2.36. The van der Waals surface area contributed by atoms with E-state index in [2.05, 4.69) is 49.7 Å². The minimum Gasteiger partial charge on any atom is -0.353 e. The van der Waals surface area contributed by atoms with Crippen LogP contribution in [0.2, 0.25) is 0 Å². The highest BCUT2D eigenvalue weighted by molar-refractivity contribution is 5.50. The molecule has 2 aliphatic heterocycles. The summed E-state index contributed by atoms with van der Waals surface area (Å²) in [6.45, 7) is 11.5. The molecule has 0 spiro atoms. The maximum absolute atomic E-state index is 4.64. The van der Waals surface area contributed by atoms with Crippen molar-refractivity contribution in [3.8, 4) is 0 Å². The highest BCUT2D eigenvalue weighted by Crippen LogP contribution is 2.28. The summed E-state index contributed by atoms with van der Waals surface area (Å²) >= 11 is 0. The van der Waals surface area contributed by atoms with E-state index in [4.69, 9.17) is 0 Å². The molecule has 28 heavy (non-hydrogen) atoms. The first-order valence-electron chi connectivity index (χ1n) is 11.1. The maximum atomic E-state index is 4.64. The summed E-state index contributed by atoms with van der Waals surface area (Å²) < 4.78 is 1.89. The molecule has 0 unspecified atom stereocenters. The number of anilines is 1. The molecule has 0 N–H and O–H groups in total. The summed E-state index contributed by atoms with van der Waals surface area (Å²) in [4.78, 5) is 16.9. The Kier molecular flexibility index (Phi) is 4.97. The average molecular weight is 384 g/mol. The van der Waals surface area contributed by atoms with Crippen LogP contribution in [0.5, 0.6) is 0 Å². The topological polar surface area (TPSA) is 52.8 Å². The van der Waals surface area contributed by atoms with Gasteiger partial charge >= 0.3 is 0 Å². The zero-order valence-corrected chi connectivity index (χ0v) is 17.3. The first-order chi connectivity index (χ1) is 13.7. The van der Waals surface area contributed by atoms with Crippen molar-refractivity contribution in [1.82, 2.24) is 29.4 Å². The van der Waals surface area contributed by atoms with Gasteiger partial charge < -0.3 is 4.90 Å². The molecular formula is C21H33N7. The van der Waals surface area contributed by atoms with Crippen LogP contribution in [0.15, 0.2) is 12.4 Å². The van der Waals surface area contributed by atoms with E-state index >= 15 is 0 Å². The number of rotatable bonds is 4.